The van der Waals surface area contributed by atoms with Crippen LogP contribution in [0.3, 0.4) is 0 Å². The lowest BCUT2D eigenvalue weighted by Gasteiger charge is -2.49. The second-order valence-electron chi connectivity index (χ2n) is 10.1. The molecule has 2 fully saturated rings. The highest BCUT2D eigenvalue weighted by atomic mass is 19.1. The molecule has 40 heavy (non-hydrogen) atoms. The standard InChI is InChI=1S/C26H31FN8O5/c1-28-23(37)8-4-18(16-36)34-24-20(27)5-6-21(25(24)30(2)26(34)38)32-11-9-31(10-12-32)19-14-33(15-19)17-3-7-22(29-13-17)35(39)40/h3,5-7,13,16,18-19H,4,8-12,14-15H2,1-2H3,(H,28,37). The minimum atomic E-state index is -0.970. The molecule has 1 atom stereocenters. The fraction of sp³-hybridized carbons (Fsp3) is 0.462. The second-order valence-corrected chi connectivity index (χ2v) is 10.1. The fourth-order valence-corrected chi connectivity index (χ4v) is 5.58. The van der Waals surface area contributed by atoms with Crippen LogP contribution in [0, 0.1) is 15.9 Å². The Morgan fingerprint density at radius 1 is 1.18 bits per heavy atom. The van der Waals surface area contributed by atoms with E-state index in [0.717, 1.165) is 42.1 Å². The zero-order valence-corrected chi connectivity index (χ0v) is 22.3. The van der Waals surface area contributed by atoms with Gasteiger partial charge in [0.25, 0.3) is 0 Å². The minimum absolute atomic E-state index is 0.0330. The number of aromatic nitrogens is 3. The van der Waals surface area contributed by atoms with Crippen molar-refractivity contribution in [3.63, 3.8) is 0 Å². The average molecular weight is 555 g/mol. The molecule has 2 aromatic heterocycles. The lowest BCUT2D eigenvalue weighted by atomic mass is 10.0. The maximum absolute atomic E-state index is 15.2. The van der Waals surface area contributed by atoms with Crippen LogP contribution >= 0.6 is 0 Å². The van der Waals surface area contributed by atoms with E-state index in [1.165, 1.54) is 29.9 Å². The molecule has 5 rings (SSSR count). The van der Waals surface area contributed by atoms with Gasteiger partial charge in [0.2, 0.25) is 5.91 Å². The number of nitrogens with one attached hydrogen (secondary N) is 1. The molecule has 2 saturated heterocycles. The number of anilines is 2. The molecule has 1 unspecified atom stereocenters. The van der Waals surface area contributed by atoms with Crippen LogP contribution in [0.15, 0.2) is 35.3 Å². The highest BCUT2D eigenvalue weighted by molar-refractivity contribution is 5.91. The van der Waals surface area contributed by atoms with Gasteiger partial charge in [-0.1, -0.05) is 0 Å². The van der Waals surface area contributed by atoms with Crippen LogP contribution in [0.5, 0.6) is 0 Å². The van der Waals surface area contributed by atoms with E-state index in [9.17, 15) is 24.5 Å². The number of rotatable bonds is 9. The summed E-state index contributed by atoms with van der Waals surface area (Å²) in [7, 11) is 3.06. The van der Waals surface area contributed by atoms with Gasteiger partial charge in [0.05, 0.1) is 22.9 Å². The quantitative estimate of drug-likeness (QED) is 0.234. The lowest BCUT2D eigenvalue weighted by Crippen LogP contribution is -2.63. The number of nitro groups is 1. The Labute approximate surface area is 228 Å². The minimum Gasteiger partial charge on any atom is -0.367 e. The predicted molar refractivity (Wildman–Crippen MR) is 146 cm³/mol. The van der Waals surface area contributed by atoms with Crippen LogP contribution in [0.25, 0.3) is 11.0 Å². The van der Waals surface area contributed by atoms with Gasteiger partial charge in [0, 0.05) is 71.9 Å². The van der Waals surface area contributed by atoms with Gasteiger partial charge < -0.3 is 30.0 Å². The van der Waals surface area contributed by atoms with Crippen LogP contribution in [0.4, 0.5) is 21.6 Å². The number of carbonyl (C=O) groups is 2. The monoisotopic (exact) mass is 554 g/mol. The molecule has 0 spiro atoms. The van der Waals surface area contributed by atoms with Crippen LogP contribution in [-0.2, 0) is 16.6 Å². The molecule has 4 heterocycles. The second kappa shape index (κ2) is 11.0. The van der Waals surface area contributed by atoms with E-state index in [2.05, 4.69) is 25.0 Å². The van der Waals surface area contributed by atoms with Gasteiger partial charge in [0.1, 0.15) is 17.6 Å². The number of pyridine rings is 1. The summed E-state index contributed by atoms with van der Waals surface area (Å²) in [5.74, 6) is -1.04. The summed E-state index contributed by atoms with van der Waals surface area (Å²) in [5, 5.41) is 13.3. The third-order valence-corrected chi connectivity index (χ3v) is 7.90. The molecule has 0 radical (unpaired) electrons. The van der Waals surface area contributed by atoms with Crippen molar-refractivity contribution in [3.8, 4) is 0 Å². The van der Waals surface area contributed by atoms with Crippen molar-refractivity contribution in [1.82, 2.24) is 24.3 Å². The summed E-state index contributed by atoms with van der Waals surface area (Å²) in [6.45, 7) is 4.47. The normalized spacial score (nSPS) is 17.1. The molecular weight excluding hydrogens is 523 g/mol. The summed E-state index contributed by atoms with van der Waals surface area (Å²) in [6, 6.07) is 5.48. The Hall–Kier alpha value is -4.33. The molecule has 1 amide bonds. The molecule has 212 valence electrons. The van der Waals surface area contributed by atoms with Gasteiger partial charge in [0.15, 0.2) is 6.20 Å². The first-order valence-corrected chi connectivity index (χ1v) is 13.1. The van der Waals surface area contributed by atoms with Gasteiger partial charge in [-0.25, -0.2) is 9.18 Å². The van der Waals surface area contributed by atoms with Crippen molar-refractivity contribution >= 4 is 40.4 Å². The van der Waals surface area contributed by atoms with Crippen molar-refractivity contribution in [2.24, 2.45) is 7.05 Å². The average Bonchev–Trinajstić information content (AvgIpc) is 3.20. The van der Waals surface area contributed by atoms with Crippen molar-refractivity contribution in [1.29, 1.82) is 0 Å². The summed E-state index contributed by atoms with van der Waals surface area (Å²) >= 11 is 0. The molecule has 14 heteroatoms. The number of fused-ring (bicyclic) bond motifs is 1. The summed E-state index contributed by atoms with van der Waals surface area (Å²) in [5.41, 5.74) is 1.55. The molecule has 2 aliphatic heterocycles. The number of carbonyl (C=O) groups excluding carboxylic acids is 2. The molecule has 3 aromatic rings. The fourth-order valence-electron chi connectivity index (χ4n) is 5.58. The van der Waals surface area contributed by atoms with E-state index < -0.39 is 22.5 Å². The van der Waals surface area contributed by atoms with Crippen molar-refractivity contribution in [2.75, 3.05) is 56.1 Å². The van der Waals surface area contributed by atoms with Crippen LogP contribution in [0.2, 0.25) is 0 Å². The molecule has 2 aliphatic rings. The van der Waals surface area contributed by atoms with E-state index in [-0.39, 0.29) is 30.1 Å². The molecule has 1 aromatic carbocycles. The van der Waals surface area contributed by atoms with E-state index >= 15 is 4.39 Å². The highest BCUT2D eigenvalue weighted by Gasteiger charge is 2.35. The number of hydrogen-bond acceptors (Lipinski definition) is 9. The largest absolute Gasteiger partial charge is 0.367 e. The summed E-state index contributed by atoms with van der Waals surface area (Å²) in [4.78, 5) is 57.7. The number of imidazole rings is 1. The number of piperazine rings is 1. The molecular formula is C26H31FN8O5. The summed E-state index contributed by atoms with van der Waals surface area (Å²) < 4.78 is 17.7. The SMILES string of the molecule is CNC(=O)CCC(C=O)n1c(=O)n(C)c2c(N3CCN(C4CN(c5ccc([N+](=O)[O-])nc5)C4)CC3)ccc(F)c21. The molecule has 0 bridgehead atoms. The third kappa shape index (κ3) is 4.90. The number of nitrogens with zero attached hydrogens (tertiary/aromatic N) is 7. The predicted octanol–water partition coefficient (Wildman–Crippen LogP) is 1.06. The first-order chi connectivity index (χ1) is 19.2. The van der Waals surface area contributed by atoms with E-state index in [4.69, 9.17) is 0 Å². The zero-order valence-electron chi connectivity index (χ0n) is 22.3. The van der Waals surface area contributed by atoms with Gasteiger partial charge in [-0.05, 0) is 34.5 Å². The molecule has 1 N–H and O–H groups in total. The Morgan fingerprint density at radius 2 is 1.90 bits per heavy atom. The first-order valence-electron chi connectivity index (χ1n) is 13.1. The molecule has 0 saturated carbocycles. The van der Waals surface area contributed by atoms with E-state index in [0.29, 0.717) is 30.9 Å². The lowest BCUT2D eigenvalue weighted by molar-refractivity contribution is -0.389. The zero-order chi connectivity index (χ0) is 28.6. The topological polar surface area (TPSA) is 139 Å². The Morgan fingerprint density at radius 3 is 2.50 bits per heavy atom. The van der Waals surface area contributed by atoms with E-state index in [1.54, 1.807) is 19.2 Å². The Kier molecular flexibility index (Phi) is 7.52. The number of hydrogen-bond donors (Lipinski definition) is 1. The van der Waals surface area contributed by atoms with E-state index in [1.807, 2.05) is 0 Å². The number of aldehydes is 1. The van der Waals surface area contributed by atoms with Crippen molar-refractivity contribution in [2.45, 2.75) is 24.9 Å². The van der Waals surface area contributed by atoms with Crippen molar-refractivity contribution < 1.29 is 18.9 Å². The smallest absolute Gasteiger partial charge is 0.363 e. The summed E-state index contributed by atoms with van der Waals surface area (Å²) in [6.07, 6.45) is 2.23. The van der Waals surface area contributed by atoms with Gasteiger partial charge in [-0.15, -0.1) is 0 Å². The number of benzene rings is 1. The Bertz CT molecular complexity index is 1490. The maximum Gasteiger partial charge on any atom is 0.363 e. The third-order valence-electron chi connectivity index (χ3n) is 7.90. The van der Waals surface area contributed by atoms with Crippen LogP contribution in [0.1, 0.15) is 18.9 Å². The molecule has 0 aliphatic carbocycles. The first kappa shape index (κ1) is 27.2. The van der Waals surface area contributed by atoms with Gasteiger partial charge >= 0.3 is 11.5 Å². The molecule has 13 nitrogen and oxygen atoms in total. The van der Waals surface area contributed by atoms with Gasteiger partial charge in [-0.2, -0.15) is 0 Å². The van der Waals surface area contributed by atoms with Crippen molar-refractivity contribution in [3.05, 3.63) is 56.9 Å². The van der Waals surface area contributed by atoms with Gasteiger partial charge in [-0.3, -0.25) is 18.8 Å². The number of aryl methyl sites for hydroxylation is 1. The number of halogens is 1. The Balaban J connectivity index is 1.29. The maximum atomic E-state index is 15.2. The highest BCUT2D eigenvalue weighted by Crippen LogP contribution is 2.32. The van der Waals surface area contributed by atoms with Crippen LogP contribution in [-0.4, -0.2) is 88.5 Å². The van der Waals surface area contributed by atoms with Crippen LogP contribution < -0.4 is 20.8 Å². The number of amides is 1.